The molecule has 0 radical (unpaired) electrons. The molecule has 1 aromatic carbocycles. The normalized spacial score (nSPS) is 19.3. The number of esters is 1. The topological polar surface area (TPSA) is 83.0 Å². The molecular weight excluding hydrogens is 459 g/mol. The van der Waals surface area contributed by atoms with E-state index in [0.29, 0.717) is 19.0 Å². The van der Waals surface area contributed by atoms with Crippen molar-refractivity contribution in [2.45, 2.75) is 20.3 Å². The number of ether oxygens (including phenoxy) is 1. The summed E-state index contributed by atoms with van der Waals surface area (Å²) in [6, 6.07) is 7.80. The quantitative estimate of drug-likeness (QED) is 0.287. The Balaban J connectivity index is 0.00000364. The summed E-state index contributed by atoms with van der Waals surface area (Å²) in [4.78, 5) is 30.3. The van der Waals surface area contributed by atoms with Gasteiger partial charge >= 0.3 is 5.97 Å². The van der Waals surface area contributed by atoms with E-state index in [-0.39, 0.29) is 54.2 Å². The highest BCUT2D eigenvalue weighted by atomic mass is 127. The van der Waals surface area contributed by atoms with Crippen molar-refractivity contribution in [3.63, 3.8) is 0 Å². The fraction of sp³-hybridized carbons (Fsp3) is 0.526. The van der Waals surface area contributed by atoms with Crippen molar-refractivity contribution < 1.29 is 14.3 Å². The molecule has 1 saturated heterocycles. The Morgan fingerprint density at radius 1 is 1.33 bits per heavy atom. The summed E-state index contributed by atoms with van der Waals surface area (Å²) in [6.45, 7) is 5.43. The standard InChI is InChI=1S/C19H28N4O3.HI/c1-5-14-7-6-8-15(9-14)22-17(24)10-21-19(20-3)23-11-13(2)16(12-23)18(25)26-4;/h6-9,13,16H,5,10-12H2,1-4H3,(H,20,21)(H,22,24);1H. The lowest BCUT2D eigenvalue weighted by Gasteiger charge is -2.21. The van der Waals surface area contributed by atoms with Crippen LogP contribution in [0.2, 0.25) is 0 Å². The summed E-state index contributed by atoms with van der Waals surface area (Å²) in [7, 11) is 3.07. The molecule has 0 aliphatic carbocycles. The molecule has 27 heavy (non-hydrogen) atoms. The monoisotopic (exact) mass is 488 g/mol. The number of methoxy groups -OCH3 is 1. The van der Waals surface area contributed by atoms with E-state index in [1.54, 1.807) is 7.05 Å². The van der Waals surface area contributed by atoms with Crippen molar-refractivity contribution >= 4 is 47.5 Å². The van der Waals surface area contributed by atoms with E-state index in [2.05, 4.69) is 22.5 Å². The largest absolute Gasteiger partial charge is 0.469 e. The Labute approximate surface area is 178 Å². The summed E-state index contributed by atoms with van der Waals surface area (Å²) < 4.78 is 4.86. The summed E-state index contributed by atoms with van der Waals surface area (Å²) in [6.07, 6.45) is 0.920. The predicted molar refractivity (Wildman–Crippen MR) is 117 cm³/mol. The average Bonchev–Trinajstić information content (AvgIpc) is 3.03. The van der Waals surface area contributed by atoms with Crippen molar-refractivity contribution in [1.82, 2.24) is 10.2 Å². The van der Waals surface area contributed by atoms with Gasteiger partial charge in [0.05, 0.1) is 19.6 Å². The van der Waals surface area contributed by atoms with Crippen LogP contribution >= 0.6 is 24.0 Å². The molecule has 1 aromatic rings. The van der Waals surface area contributed by atoms with E-state index in [1.807, 2.05) is 36.1 Å². The zero-order valence-electron chi connectivity index (χ0n) is 16.3. The fourth-order valence-electron chi connectivity index (χ4n) is 3.16. The second-order valence-electron chi connectivity index (χ2n) is 6.51. The van der Waals surface area contributed by atoms with E-state index in [9.17, 15) is 9.59 Å². The van der Waals surface area contributed by atoms with Crippen LogP contribution in [0.5, 0.6) is 0 Å². The van der Waals surface area contributed by atoms with Crippen LogP contribution in [0.25, 0.3) is 0 Å². The molecule has 2 rings (SSSR count). The third kappa shape index (κ3) is 6.37. The maximum absolute atomic E-state index is 12.2. The van der Waals surface area contributed by atoms with Gasteiger partial charge < -0.3 is 20.3 Å². The molecule has 1 aliphatic rings. The highest BCUT2D eigenvalue weighted by molar-refractivity contribution is 14.0. The molecule has 2 N–H and O–H groups in total. The van der Waals surface area contributed by atoms with Crippen LogP contribution in [-0.2, 0) is 20.7 Å². The number of aryl methyl sites for hydroxylation is 1. The minimum Gasteiger partial charge on any atom is -0.469 e. The second kappa shape index (κ2) is 11.1. The van der Waals surface area contributed by atoms with Gasteiger partial charge in [-0.1, -0.05) is 26.0 Å². The van der Waals surface area contributed by atoms with Gasteiger partial charge in [-0.25, -0.2) is 0 Å². The van der Waals surface area contributed by atoms with Crippen molar-refractivity contribution in [3.8, 4) is 0 Å². The van der Waals surface area contributed by atoms with Crippen LogP contribution in [0.15, 0.2) is 29.3 Å². The predicted octanol–water partition coefficient (Wildman–Crippen LogP) is 2.12. The van der Waals surface area contributed by atoms with Crippen LogP contribution in [0.4, 0.5) is 5.69 Å². The number of carbonyl (C=O) groups excluding carboxylic acids is 2. The number of carbonyl (C=O) groups is 2. The Bertz CT molecular complexity index is 681. The molecule has 8 heteroatoms. The lowest BCUT2D eigenvalue weighted by atomic mass is 9.99. The van der Waals surface area contributed by atoms with Crippen molar-refractivity contribution in [2.75, 3.05) is 39.1 Å². The number of hydrogen-bond acceptors (Lipinski definition) is 4. The number of hydrogen-bond donors (Lipinski definition) is 2. The van der Waals surface area contributed by atoms with E-state index >= 15 is 0 Å². The van der Waals surface area contributed by atoms with Gasteiger partial charge in [-0.15, -0.1) is 24.0 Å². The molecule has 2 atom stereocenters. The molecule has 0 bridgehead atoms. The number of guanidine groups is 1. The van der Waals surface area contributed by atoms with Crippen molar-refractivity contribution in [1.29, 1.82) is 0 Å². The van der Waals surface area contributed by atoms with Gasteiger partial charge in [-0.2, -0.15) is 0 Å². The number of rotatable bonds is 5. The minimum absolute atomic E-state index is 0. The smallest absolute Gasteiger partial charge is 0.310 e. The molecule has 0 saturated carbocycles. The van der Waals surface area contributed by atoms with Gasteiger partial charge in [0.1, 0.15) is 0 Å². The van der Waals surface area contributed by atoms with E-state index < -0.39 is 0 Å². The van der Waals surface area contributed by atoms with Crippen LogP contribution in [0, 0.1) is 11.8 Å². The maximum atomic E-state index is 12.2. The van der Waals surface area contributed by atoms with E-state index in [1.165, 1.54) is 12.7 Å². The molecule has 0 aromatic heterocycles. The Morgan fingerprint density at radius 2 is 2.07 bits per heavy atom. The lowest BCUT2D eigenvalue weighted by molar-refractivity contribution is -0.146. The Hall–Kier alpha value is -1.84. The van der Waals surface area contributed by atoms with Gasteiger partial charge in [0.25, 0.3) is 0 Å². The lowest BCUT2D eigenvalue weighted by Crippen LogP contribution is -2.43. The minimum atomic E-state index is -0.205. The first-order chi connectivity index (χ1) is 12.5. The number of anilines is 1. The number of nitrogens with zero attached hydrogens (tertiary/aromatic N) is 2. The van der Waals surface area contributed by atoms with Crippen LogP contribution in [0.1, 0.15) is 19.4 Å². The zero-order chi connectivity index (χ0) is 19.1. The zero-order valence-corrected chi connectivity index (χ0v) is 18.7. The van der Waals surface area contributed by atoms with Gasteiger partial charge in [0, 0.05) is 25.8 Å². The highest BCUT2D eigenvalue weighted by Gasteiger charge is 2.36. The first kappa shape index (κ1) is 23.2. The maximum Gasteiger partial charge on any atom is 0.310 e. The molecule has 0 spiro atoms. The number of amides is 1. The van der Waals surface area contributed by atoms with Crippen molar-refractivity contribution in [3.05, 3.63) is 29.8 Å². The molecule has 1 aliphatic heterocycles. The highest BCUT2D eigenvalue weighted by Crippen LogP contribution is 2.24. The van der Waals surface area contributed by atoms with Gasteiger partial charge in [0.15, 0.2) is 5.96 Å². The molecule has 1 fully saturated rings. The van der Waals surface area contributed by atoms with Gasteiger partial charge in [-0.3, -0.25) is 14.6 Å². The third-order valence-corrected chi connectivity index (χ3v) is 4.65. The third-order valence-electron chi connectivity index (χ3n) is 4.65. The molecule has 7 nitrogen and oxygen atoms in total. The SMILES string of the molecule is CCc1cccc(NC(=O)CNC(=NC)N2CC(C)C(C(=O)OC)C2)c1.I. The first-order valence-corrected chi connectivity index (χ1v) is 8.90. The molecular formula is C19H29IN4O3. The van der Waals surface area contributed by atoms with E-state index in [4.69, 9.17) is 4.74 Å². The van der Waals surface area contributed by atoms with Crippen LogP contribution < -0.4 is 10.6 Å². The summed E-state index contributed by atoms with van der Waals surface area (Å²) in [5, 5.41) is 5.95. The summed E-state index contributed by atoms with van der Waals surface area (Å²) >= 11 is 0. The fourth-order valence-corrected chi connectivity index (χ4v) is 3.16. The van der Waals surface area contributed by atoms with E-state index in [0.717, 1.165) is 12.1 Å². The van der Waals surface area contributed by atoms with Crippen LogP contribution in [0.3, 0.4) is 0 Å². The molecule has 2 unspecified atom stereocenters. The first-order valence-electron chi connectivity index (χ1n) is 8.90. The second-order valence-corrected chi connectivity index (χ2v) is 6.51. The van der Waals surface area contributed by atoms with Crippen LogP contribution in [-0.4, -0.2) is 56.5 Å². The number of likely N-dealkylation sites (tertiary alicyclic amines) is 1. The van der Waals surface area contributed by atoms with Crippen molar-refractivity contribution in [2.24, 2.45) is 16.8 Å². The number of benzene rings is 1. The number of nitrogens with one attached hydrogen (secondary N) is 2. The number of halogens is 1. The Kier molecular flexibility index (Phi) is 9.54. The van der Waals surface area contributed by atoms with Gasteiger partial charge in [-0.05, 0) is 30.0 Å². The summed E-state index contributed by atoms with van der Waals surface area (Å²) in [5.74, 6) is 0.261. The molecule has 1 amide bonds. The Morgan fingerprint density at radius 3 is 2.70 bits per heavy atom. The van der Waals surface area contributed by atoms with Gasteiger partial charge in [0.2, 0.25) is 5.91 Å². The molecule has 1 heterocycles. The summed E-state index contributed by atoms with van der Waals surface area (Å²) in [5.41, 5.74) is 1.96. The molecule has 150 valence electrons. The average molecular weight is 488 g/mol. The number of aliphatic imine (C=N–C) groups is 1.